The zero-order valence-corrected chi connectivity index (χ0v) is 28.0. The summed E-state index contributed by atoms with van der Waals surface area (Å²) in [4.78, 5) is 2.06. The van der Waals surface area contributed by atoms with Gasteiger partial charge in [-0.25, -0.2) is 8.42 Å². The van der Waals surface area contributed by atoms with Crippen molar-refractivity contribution in [3.8, 4) is 0 Å². The third-order valence-electron chi connectivity index (χ3n) is 8.05. The van der Waals surface area contributed by atoms with Gasteiger partial charge in [-0.3, -0.25) is 0 Å². The molecule has 40 heavy (non-hydrogen) atoms. The van der Waals surface area contributed by atoms with E-state index >= 15 is 0 Å². The molecule has 1 unspecified atom stereocenters. The normalized spacial score (nSPS) is 14.6. The van der Waals surface area contributed by atoms with Crippen molar-refractivity contribution in [2.75, 3.05) is 10.2 Å². The van der Waals surface area contributed by atoms with Gasteiger partial charge in [0.1, 0.15) is 10.1 Å². The molecule has 2 aromatic rings. The summed E-state index contributed by atoms with van der Waals surface area (Å²) in [6.45, 7) is 2.95. The number of nitrogens with one attached hydrogen (secondary N) is 1. The van der Waals surface area contributed by atoms with Gasteiger partial charge in [0.05, 0.1) is 22.4 Å². The van der Waals surface area contributed by atoms with Gasteiger partial charge in [-0.2, -0.15) is 0 Å². The van der Waals surface area contributed by atoms with Crippen molar-refractivity contribution in [3.05, 3.63) is 54.1 Å². The maximum absolute atomic E-state index is 11.9. The van der Waals surface area contributed by atoms with Crippen molar-refractivity contribution in [3.63, 3.8) is 0 Å². The third kappa shape index (κ3) is 12.4. The molecule has 0 bridgehead atoms. The second-order valence-electron chi connectivity index (χ2n) is 11.3. The summed E-state index contributed by atoms with van der Waals surface area (Å²) in [5, 5.41) is 3.38. The van der Waals surface area contributed by atoms with Crippen LogP contribution in [0.1, 0.15) is 128 Å². The zero-order valence-electron chi connectivity index (χ0n) is 25.2. The number of anilines is 2. The van der Waals surface area contributed by atoms with Crippen LogP contribution in [0.4, 0.5) is 11.4 Å². The van der Waals surface area contributed by atoms with E-state index in [9.17, 15) is 13.0 Å². The summed E-state index contributed by atoms with van der Waals surface area (Å²) in [7, 11) is -4.54. The molecule has 3 rings (SSSR count). The molecule has 1 aliphatic rings. The van der Waals surface area contributed by atoms with Crippen molar-refractivity contribution in [2.24, 2.45) is 0 Å². The molecule has 0 amide bonds. The third-order valence-corrected chi connectivity index (χ3v) is 8.93. The van der Waals surface area contributed by atoms with E-state index in [1.807, 2.05) is 24.3 Å². The van der Waals surface area contributed by atoms with Gasteiger partial charge in [-0.1, -0.05) is 146 Å². The number of hydrogen-bond acceptors (Lipinski definition) is 5. The molecule has 0 radical (unpaired) electrons. The molecule has 0 fully saturated rings. The Morgan fingerprint density at radius 1 is 0.700 bits per heavy atom. The van der Waals surface area contributed by atoms with Crippen LogP contribution in [-0.2, 0) is 16.7 Å². The van der Waals surface area contributed by atoms with Crippen LogP contribution in [-0.4, -0.2) is 19.1 Å². The van der Waals surface area contributed by atoms with E-state index in [2.05, 4.69) is 29.3 Å². The van der Waals surface area contributed by atoms with Crippen LogP contribution in [0.15, 0.2) is 53.4 Å². The molecule has 0 spiro atoms. The molecule has 0 saturated carbocycles. The Labute approximate surface area is 266 Å². The monoisotopic (exact) mass is 578 g/mol. The second-order valence-corrected chi connectivity index (χ2v) is 12.7. The van der Waals surface area contributed by atoms with Crippen molar-refractivity contribution >= 4 is 21.5 Å². The van der Waals surface area contributed by atoms with Crippen LogP contribution in [0, 0.1) is 0 Å². The van der Waals surface area contributed by atoms with E-state index < -0.39 is 10.1 Å². The first kappa shape index (κ1) is 35.1. The molecule has 0 aliphatic carbocycles. The summed E-state index contributed by atoms with van der Waals surface area (Å²) in [6.07, 6.45) is 23.8. The van der Waals surface area contributed by atoms with Crippen molar-refractivity contribution < 1.29 is 42.5 Å². The summed E-state index contributed by atoms with van der Waals surface area (Å²) >= 11 is 0. The van der Waals surface area contributed by atoms with Gasteiger partial charge in [0, 0.05) is 6.54 Å². The molecule has 1 N–H and O–H groups in total. The molecule has 218 valence electrons. The van der Waals surface area contributed by atoms with Crippen molar-refractivity contribution in [1.29, 1.82) is 0 Å². The Morgan fingerprint density at radius 3 is 1.70 bits per heavy atom. The van der Waals surface area contributed by atoms with Crippen molar-refractivity contribution in [1.82, 2.24) is 0 Å². The van der Waals surface area contributed by atoms with Gasteiger partial charge in [0.25, 0.3) is 0 Å². The predicted molar refractivity (Wildman–Crippen MR) is 163 cm³/mol. The minimum Gasteiger partial charge on any atom is -0.744 e. The predicted octanol–water partition coefficient (Wildman–Crippen LogP) is 6.39. The SMILES string of the molecule is CCCCCCCCCCCCCCCCCCCC1Nc2c(cccc2S(=O)(=O)[O-])N1Cc1ccccc1.[Na+]. The average Bonchev–Trinajstić information content (AvgIpc) is 3.27. The Morgan fingerprint density at radius 2 is 1.20 bits per heavy atom. The fourth-order valence-electron chi connectivity index (χ4n) is 5.79. The summed E-state index contributed by atoms with van der Waals surface area (Å²) in [5.41, 5.74) is 2.42. The van der Waals surface area contributed by atoms with E-state index in [1.54, 1.807) is 6.07 Å². The van der Waals surface area contributed by atoms with E-state index in [4.69, 9.17) is 0 Å². The Kier molecular flexibility index (Phi) is 17.5. The molecule has 1 aliphatic heterocycles. The van der Waals surface area contributed by atoms with Gasteiger partial charge in [-0.15, -0.1) is 0 Å². The minimum absolute atomic E-state index is 0. The second kappa shape index (κ2) is 20.0. The number of benzene rings is 2. The Bertz CT molecular complexity index is 1050. The number of unbranched alkanes of at least 4 members (excludes halogenated alkanes) is 16. The summed E-state index contributed by atoms with van der Waals surface area (Å²) in [5.74, 6) is 0. The summed E-state index contributed by atoms with van der Waals surface area (Å²) < 4.78 is 35.6. The average molecular weight is 579 g/mol. The maximum Gasteiger partial charge on any atom is 1.00 e. The maximum atomic E-state index is 11.9. The largest absolute Gasteiger partial charge is 1.00 e. The first-order valence-corrected chi connectivity index (χ1v) is 17.1. The minimum atomic E-state index is -4.54. The number of nitrogens with zero attached hydrogens (tertiary/aromatic N) is 1. The van der Waals surface area contributed by atoms with Gasteiger partial charge in [0.15, 0.2) is 0 Å². The first-order chi connectivity index (χ1) is 19.0. The molecule has 1 heterocycles. The van der Waals surface area contributed by atoms with E-state index in [0.717, 1.165) is 24.1 Å². The number of para-hydroxylation sites is 1. The van der Waals surface area contributed by atoms with Crippen LogP contribution in [0.3, 0.4) is 0 Å². The van der Waals surface area contributed by atoms with Crippen LogP contribution in [0.25, 0.3) is 0 Å². The van der Waals surface area contributed by atoms with Crippen LogP contribution < -0.4 is 39.8 Å². The molecular weight excluding hydrogens is 527 g/mol. The van der Waals surface area contributed by atoms with E-state index in [1.165, 1.54) is 109 Å². The first-order valence-electron chi connectivity index (χ1n) is 15.7. The Hall–Kier alpha value is -1.05. The molecule has 1 atom stereocenters. The van der Waals surface area contributed by atoms with Crippen LogP contribution in [0.5, 0.6) is 0 Å². The molecule has 2 aromatic carbocycles. The fraction of sp³-hybridized carbons (Fsp3) is 0.636. The van der Waals surface area contributed by atoms with Gasteiger partial charge in [-0.05, 0) is 30.5 Å². The van der Waals surface area contributed by atoms with Gasteiger partial charge >= 0.3 is 29.6 Å². The van der Waals surface area contributed by atoms with Crippen molar-refractivity contribution in [2.45, 2.75) is 140 Å². The number of hydrogen-bond donors (Lipinski definition) is 1. The molecule has 7 heteroatoms. The van der Waals surface area contributed by atoms with E-state index in [-0.39, 0.29) is 40.6 Å². The number of rotatable bonds is 21. The smallest absolute Gasteiger partial charge is 0.744 e. The summed E-state index contributed by atoms with van der Waals surface area (Å²) in [6, 6.07) is 15.2. The quantitative estimate of drug-likeness (QED) is 0.106. The molecule has 0 aromatic heterocycles. The number of fused-ring (bicyclic) bond motifs is 1. The van der Waals surface area contributed by atoms with Crippen LogP contribution in [0.2, 0.25) is 0 Å². The standard InChI is InChI=1S/C33H52N2O3S.Na/c1-2-3-4-5-6-7-8-9-10-11-12-13-14-15-16-17-21-27-32-34-33-30(25-22-26-31(33)39(36,37)38)35(32)28-29-23-19-18-20-24-29;/h18-20,22-26,32,34H,2-17,21,27-28H2,1H3,(H,36,37,38);/q;+1/p-1. The van der Waals surface area contributed by atoms with Crippen LogP contribution >= 0.6 is 0 Å². The zero-order chi connectivity index (χ0) is 27.8. The van der Waals surface area contributed by atoms with Gasteiger partial charge in [0.2, 0.25) is 0 Å². The molecule has 0 saturated heterocycles. The molecule has 5 nitrogen and oxygen atoms in total. The van der Waals surface area contributed by atoms with Gasteiger partial charge < -0.3 is 14.8 Å². The topological polar surface area (TPSA) is 72.5 Å². The Balaban J connectivity index is 0.00000560. The fourth-order valence-corrected chi connectivity index (χ4v) is 6.45. The molecular formula is C33H51N2NaO3S. The van der Waals surface area contributed by atoms with E-state index in [0.29, 0.717) is 12.2 Å².